The Morgan fingerprint density at radius 3 is 2.55 bits per heavy atom. The normalized spacial score (nSPS) is 18.1. The summed E-state index contributed by atoms with van der Waals surface area (Å²) in [6, 6.07) is 5.37. The number of nitrogens with two attached hydrogens (primary N) is 1. The Morgan fingerprint density at radius 1 is 1.33 bits per heavy atom. The summed E-state index contributed by atoms with van der Waals surface area (Å²) in [5, 5.41) is 7.47. The summed E-state index contributed by atoms with van der Waals surface area (Å²) in [5.74, 6) is -3.52. The molecule has 2 atom stereocenters. The number of carbonyl (C=O) groups is 3. The minimum atomic E-state index is -5.30. The molecule has 1 aromatic heterocycles. The van der Waals surface area contributed by atoms with Crippen LogP contribution in [0.2, 0.25) is 0 Å². The van der Waals surface area contributed by atoms with Crippen molar-refractivity contribution in [1.29, 1.82) is 0 Å². The molecule has 1 saturated heterocycles. The van der Waals surface area contributed by atoms with Crippen LogP contribution in [-0.2, 0) is 40.9 Å². The summed E-state index contributed by atoms with van der Waals surface area (Å²) in [4.78, 5) is 46.0. The minimum absolute atomic E-state index is 0. The molecule has 0 spiro atoms. The van der Waals surface area contributed by atoms with Crippen molar-refractivity contribution in [1.82, 2.24) is 14.6 Å². The van der Waals surface area contributed by atoms with Gasteiger partial charge < -0.3 is 25.2 Å². The number of hydrogen-bond acceptors (Lipinski definition) is 12. The molecule has 0 saturated carbocycles. The molecule has 1 fully saturated rings. The molecular formula is C17H16N5NaO8S2. The van der Waals surface area contributed by atoms with Crippen LogP contribution in [0, 0.1) is 0 Å². The molecule has 13 nitrogen and oxygen atoms in total. The van der Waals surface area contributed by atoms with E-state index in [-0.39, 0.29) is 57.0 Å². The Morgan fingerprint density at radius 2 is 2.00 bits per heavy atom. The maximum atomic E-state index is 12.8. The molecule has 1 aliphatic heterocycles. The number of nitrogen functional groups attached to an aromatic ring is 1. The van der Waals surface area contributed by atoms with Crippen LogP contribution in [0.3, 0.4) is 0 Å². The fourth-order valence-corrected chi connectivity index (χ4v) is 4.13. The number of rotatable bonds is 8. The van der Waals surface area contributed by atoms with Crippen molar-refractivity contribution in [3.63, 3.8) is 0 Å². The molecule has 0 radical (unpaired) electrons. The predicted molar refractivity (Wildman–Crippen MR) is 109 cm³/mol. The van der Waals surface area contributed by atoms with E-state index in [0.29, 0.717) is 0 Å². The fourth-order valence-electron chi connectivity index (χ4n) is 2.76. The monoisotopic (exact) mass is 505 g/mol. The molecular weight excluding hydrogens is 489 g/mol. The van der Waals surface area contributed by atoms with E-state index < -0.39 is 40.2 Å². The average molecular weight is 505 g/mol. The van der Waals surface area contributed by atoms with Gasteiger partial charge >= 0.3 is 35.5 Å². The van der Waals surface area contributed by atoms with Crippen LogP contribution in [0.5, 0.6) is 0 Å². The number of carbonyl (C=O) groups excluding carboxylic acids is 3. The van der Waals surface area contributed by atoms with E-state index in [4.69, 9.17) is 10.6 Å². The molecule has 33 heavy (non-hydrogen) atoms. The second-order valence-corrected chi connectivity index (χ2v) is 8.42. The molecule has 2 amide bonds. The zero-order chi connectivity index (χ0) is 23.5. The summed E-state index contributed by atoms with van der Waals surface area (Å²) >= 11 is 1.01. The van der Waals surface area contributed by atoms with Crippen molar-refractivity contribution in [2.75, 3.05) is 12.8 Å². The van der Waals surface area contributed by atoms with Crippen LogP contribution in [-0.4, -0.2) is 64.9 Å². The molecule has 3 N–H and O–H groups in total. The van der Waals surface area contributed by atoms with Gasteiger partial charge in [0.25, 0.3) is 11.8 Å². The van der Waals surface area contributed by atoms with Crippen molar-refractivity contribution in [3.05, 3.63) is 47.0 Å². The fraction of sp³-hybridized carbons (Fsp3) is 0.235. The molecule has 0 bridgehead atoms. The Hall–Kier alpha value is -2.56. The van der Waals surface area contributed by atoms with E-state index in [1.807, 2.05) is 6.07 Å². The molecule has 3 rings (SSSR count). The number of aromatic nitrogens is 1. The number of β-lactam (4-membered cyclic amide) rings is 1. The Balaban J connectivity index is 0.00000385. The largest absolute Gasteiger partial charge is 1.00 e. The van der Waals surface area contributed by atoms with Crippen molar-refractivity contribution in [3.8, 4) is 0 Å². The number of hydrogen-bond donors (Lipinski definition) is 2. The first-order chi connectivity index (χ1) is 15.1. The van der Waals surface area contributed by atoms with Crippen LogP contribution >= 0.6 is 11.3 Å². The molecule has 16 heteroatoms. The van der Waals surface area contributed by atoms with E-state index in [9.17, 15) is 27.4 Å². The quantitative estimate of drug-likeness (QED) is 0.0891. The van der Waals surface area contributed by atoms with Gasteiger partial charge in [0.1, 0.15) is 18.3 Å². The molecule has 0 aliphatic carbocycles. The van der Waals surface area contributed by atoms with E-state index in [1.54, 1.807) is 24.3 Å². The maximum Gasteiger partial charge on any atom is 1.00 e. The first-order valence-corrected chi connectivity index (χ1v) is 11.0. The van der Waals surface area contributed by atoms with Gasteiger partial charge in [0.05, 0.1) is 7.11 Å². The van der Waals surface area contributed by atoms with Gasteiger partial charge in [0.2, 0.25) is 0 Å². The summed E-state index contributed by atoms with van der Waals surface area (Å²) in [6.45, 7) is 0.00654. The van der Waals surface area contributed by atoms with Crippen LogP contribution < -0.4 is 40.6 Å². The number of amides is 2. The third-order valence-corrected chi connectivity index (χ3v) is 5.79. The summed E-state index contributed by atoms with van der Waals surface area (Å²) in [7, 11) is -4.37. The van der Waals surface area contributed by atoms with Gasteiger partial charge in [0, 0.05) is 5.38 Å². The van der Waals surface area contributed by atoms with Gasteiger partial charge in [-0.1, -0.05) is 35.5 Å². The number of nitrogens with zero attached hydrogens (tertiary/aromatic N) is 3. The Kier molecular flexibility index (Phi) is 8.93. The Bertz CT molecular complexity index is 1170. The number of esters is 1. The molecule has 1 aliphatic rings. The zero-order valence-electron chi connectivity index (χ0n) is 17.3. The van der Waals surface area contributed by atoms with Crippen molar-refractivity contribution in [2.45, 2.75) is 18.7 Å². The van der Waals surface area contributed by atoms with Crippen molar-refractivity contribution < 1.29 is 66.5 Å². The maximum absolute atomic E-state index is 12.8. The molecule has 170 valence electrons. The number of nitrogens with one attached hydrogen (secondary N) is 1. The topological polar surface area (TPSA) is 193 Å². The standard InChI is InChI=1S/C17H17N5O8S2.Na/c1-29-16(25)13-12(15(24)22(13)32(26,27)28)20-14(23)11(10-8-31-17(18)19-10)21-30-7-9-5-3-2-4-6-9;/h2-6,8,12-13H,7H2,1H3,(H2,18,19)(H,20,23)(H,26,27,28);/q;+1/p-1/b21-11-;/t12-,13-;/m1./s1. The van der Waals surface area contributed by atoms with Crippen molar-refractivity contribution >= 4 is 50.3 Å². The summed E-state index contributed by atoms with van der Waals surface area (Å²) < 4.78 is 38.1. The summed E-state index contributed by atoms with van der Waals surface area (Å²) in [6.07, 6.45) is 0. The van der Waals surface area contributed by atoms with Crippen LogP contribution in [0.4, 0.5) is 5.13 Å². The third-order valence-electron chi connectivity index (χ3n) is 4.23. The van der Waals surface area contributed by atoms with Crippen LogP contribution in [0.15, 0.2) is 40.9 Å². The number of oxime groups is 1. The first kappa shape index (κ1) is 26.7. The van der Waals surface area contributed by atoms with E-state index in [0.717, 1.165) is 24.0 Å². The number of benzene rings is 1. The molecule has 1 aromatic carbocycles. The molecule has 2 heterocycles. The SMILES string of the molecule is COC(=O)[C@H]1[C@@H](NC(=O)/C(=N\OCc2ccccc2)c2csc(N)n2)C(=O)N1S(=O)(=O)[O-].[Na+]. The van der Waals surface area contributed by atoms with Gasteiger partial charge in [-0.15, -0.1) is 11.3 Å². The smallest absolute Gasteiger partial charge is 0.731 e. The molecule has 0 unspecified atom stereocenters. The molecule has 2 aromatic rings. The zero-order valence-corrected chi connectivity index (χ0v) is 21.0. The third kappa shape index (κ3) is 6.07. The van der Waals surface area contributed by atoms with Crippen LogP contribution in [0.25, 0.3) is 0 Å². The minimum Gasteiger partial charge on any atom is -0.731 e. The predicted octanol–water partition coefficient (Wildman–Crippen LogP) is -4.02. The van der Waals surface area contributed by atoms with Crippen molar-refractivity contribution in [2.24, 2.45) is 5.16 Å². The number of thiazole rings is 1. The first-order valence-electron chi connectivity index (χ1n) is 8.76. The average Bonchev–Trinajstić information content (AvgIpc) is 3.17. The van der Waals surface area contributed by atoms with Gasteiger partial charge in [-0.2, -0.15) is 0 Å². The van der Waals surface area contributed by atoms with Gasteiger partial charge in [-0.3, -0.25) is 9.59 Å². The number of anilines is 1. The van der Waals surface area contributed by atoms with Gasteiger partial charge in [-0.05, 0) is 5.56 Å². The number of ether oxygens (including phenoxy) is 1. The number of methoxy groups -OCH3 is 1. The van der Waals surface area contributed by atoms with Crippen LogP contribution in [0.1, 0.15) is 11.3 Å². The van der Waals surface area contributed by atoms with Gasteiger partial charge in [-0.25, -0.2) is 22.5 Å². The van der Waals surface area contributed by atoms with E-state index in [1.165, 1.54) is 5.38 Å². The Labute approximate surface area is 214 Å². The summed E-state index contributed by atoms with van der Waals surface area (Å²) in [5.41, 5.74) is 5.99. The van der Waals surface area contributed by atoms with E-state index >= 15 is 0 Å². The van der Waals surface area contributed by atoms with Gasteiger partial charge in [0.15, 0.2) is 27.2 Å². The second-order valence-electron chi connectivity index (χ2n) is 6.28. The second kappa shape index (κ2) is 11.0. The van der Waals surface area contributed by atoms with E-state index in [2.05, 4.69) is 20.2 Å².